The molecule has 2 unspecified atom stereocenters. The summed E-state index contributed by atoms with van der Waals surface area (Å²) in [5, 5.41) is 3.79. The summed E-state index contributed by atoms with van der Waals surface area (Å²) in [7, 11) is 0. The molecule has 3 fully saturated rings. The van der Waals surface area contributed by atoms with E-state index in [1.807, 2.05) is 0 Å². The minimum absolute atomic E-state index is 0.878. The smallest absolute Gasteiger partial charge is 0.0468 e. The third kappa shape index (κ3) is 3.48. The van der Waals surface area contributed by atoms with Gasteiger partial charge in [0.2, 0.25) is 0 Å². The van der Waals surface area contributed by atoms with Crippen molar-refractivity contribution in [2.75, 3.05) is 19.8 Å². The fraction of sp³-hybridized carbons (Fsp3) is 1.00. The van der Waals surface area contributed by atoms with Gasteiger partial charge >= 0.3 is 0 Å². The minimum atomic E-state index is 0.878. The van der Waals surface area contributed by atoms with Gasteiger partial charge in [0.15, 0.2) is 0 Å². The van der Waals surface area contributed by atoms with E-state index >= 15 is 0 Å². The zero-order valence-electron chi connectivity index (χ0n) is 11.7. The summed E-state index contributed by atoms with van der Waals surface area (Å²) in [6, 6.07) is 0.878. The first-order valence-electron chi connectivity index (χ1n) is 8.24. The lowest BCUT2D eigenvalue weighted by Crippen LogP contribution is -2.34. The molecule has 3 rings (SSSR count). The van der Waals surface area contributed by atoms with Crippen molar-refractivity contribution >= 4 is 0 Å². The van der Waals surface area contributed by atoms with Crippen LogP contribution in [0, 0.1) is 17.8 Å². The number of ether oxygens (including phenoxy) is 1. The van der Waals surface area contributed by atoms with Crippen LogP contribution in [0.2, 0.25) is 0 Å². The topological polar surface area (TPSA) is 21.3 Å². The van der Waals surface area contributed by atoms with Gasteiger partial charge in [-0.25, -0.2) is 0 Å². The van der Waals surface area contributed by atoms with Gasteiger partial charge in [-0.05, 0) is 62.8 Å². The highest BCUT2D eigenvalue weighted by Crippen LogP contribution is 2.38. The fourth-order valence-corrected chi connectivity index (χ4v) is 4.04. The van der Waals surface area contributed by atoms with Crippen LogP contribution in [-0.2, 0) is 4.74 Å². The lowest BCUT2D eigenvalue weighted by atomic mass is 9.75. The maximum Gasteiger partial charge on any atom is 0.0468 e. The van der Waals surface area contributed by atoms with Gasteiger partial charge in [-0.2, -0.15) is 0 Å². The molecule has 0 aromatic rings. The standard InChI is InChI=1S/C16H29NO/c1-2-4-14(12-17-15-6-7-15)16(5-3-1)13-8-10-18-11-9-13/h13-17H,1-12H2. The van der Waals surface area contributed by atoms with Crippen LogP contribution >= 0.6 is 0 Å². The van der Waals surface area contributed by atoms with Gasteiger partial charge in [0, 0.05) is 19.3 Å². The Balaban J connectivity index is 1.57. The molecule has 0 aromatic heterocycles. The van der Waals surface area contributed by atoms with E-state index in [0.29, 0.717) is 0 Å². The molecule has 1 N–H and O–H groups in total. The van der Waals surface area contributed by atoms with E-state index in [9.17, 15) is 0 Å². The number of nitrogens with one attached hydrogen (secondary N) is 1. The molecule has 1 saturated heterocycles. The third-order valence-corrected chi connectivity index (χ3v) is 5.34. The van der Waals surface area contributed by atoms with E-state index in [-0.39, 0.29) is 0 Å². The Hall–Kier alpha value is -0.0800. The second-order valence-corrected chi connectivity index (χ2v) is 6.69. The van der Waals surface area contributed by atoms with Crippen LogP contribution in [0.3, 0.4) is 0 Å². The molecule has 2 nitrogen and oxygen atoms in total. The van der Waals surface area contributed by atoms with E-state index < -0.39 is 0 Å². The number of rotatable bonds is 4. The molecule has 0 spiro atoms. The third-order valence-electron chi connectivity index (χ3n) is 5.34. The average Bonchev–Trinajstić information content (AvgIpc) is 3.24. The summed E-state index contributed by atoms with van der Waals surface area (Å²) in [6.45, 7) is 3.33. The van der Waals surface area contributed by atoms with Crippen molar-refractivity contribution in [2.45, 2.75) is 63.8 Å². The predicted octanol–water partition coefficient (Wildman–Crippen LogP) is 3.36. The molecule has 104 valence electrons. The summed E-state index contributed by atoms with van der Waals surface area (Å²) >= 11 is 0. The summed E-state index contributed by atoms with van der Waals surface area (Å²) < 4.78 is 5.55. The predicted molar refractivity (Wildman–Crippen MR) is 74.6 cm³/mol. The van der Waals surface area contributed by atoms with Crippen molar-refractivity contribution in [3.63, 3.8) is 0 Å². The highest BCUT2D eigenvalue weighted by molar-refractivity contribution is 4.86. The molecule has 2 heteroatoms. The van der Waals surface area contributed by atoms with Gasteiger partial charge in [-0.15, -0.1) is 0 Å². The molecule has 18 heavy (non-hydrogen) atoms. The number of hydrogen-bond donors (Lipinski definition) is 1. The zero-order chi connectivity index (χ0) is 12.2. The maximum atomic E-state index is 5.55. The lowest BCUT2D eigenvalue weighted by molar-refractivity contribution is 0.0317. The molecule has 2 atom stereocenters. The molecule has 2 aliphatic carbocycles. The quantitative estimate of drug-likeness (QED) is 0.774. The van der Waals surface area contributed by atoms with Crippen LogP contribution in [-0.4, -0.2) is 25.8 Å². The Morgan fingerprint density at radius 2 is 1.61 bits per heavy atom. The molecule has 0 aromatic carbocycles. The first kappa shape index (κ1) is 12.9. The highest BCUT2D eigenvalue weighted by atomic mass is 16.5. The van der Waals surface area contributed by atoms with Crippen molar-refractivity contribution in [3.05, 3.63) is 0 Å². The van der Waals surface area contributed by atoms with Gasteiger partial charge in [0.1, 0.15) is 0 Å². The SMILES string of the molecule is C1CCC(CNC2CC2)C(C2CCOCC2)CC1. The van der Waals surface area contributed by atoms with Crippen LogP contribution < -0.4 is 5.32 Å². The Bertz CT molecular complexity index is 245. The molecule has 1 aliphatic heterocycles. The molecular weight excluding hydrogens is 222 g/mol. The second kappa shape index (κ2) is 6.38. The molecule has 1 heterocycles. The molecule has 0 radical (unpaired) electrons. The molecule has 2 saturated carbocycles. The molecular formula is C16H29NO. The largest absolute Gasteiger partial charge is 0.381 e. The molecule has 0 amide bonds. The van der Waals surface area contributed by atoms with Crippen molar-refractivity contribution in [3.8, 4) is 0 Å². The van der Waals surface area contributed by atoms with Crippen molar-refractivity contribution < 1.29 is 4.74 Å². The second-order valence-electron chi connectivity index (χ2n) is 6.69. The van der Waals surface area contributed by atoms with Gasteiger partial charge in [0.25, 0.3) is 0 Å². The van der Waals surface area contributed by atoms with Crippen LogP contribution in [0.1, 0.15) is 57.8 Å². The van der Waals surface area contributed by atoms with Crippen molar-refractivity contribution in [2.24, 2.45) is 17.8 Å². The van der Waals surface area contributed by atoms with E-state index in [1.165, 1.54) is 64.3 Å². The van der Waals surface area contributed by atoms with Crippen LogP contribution in [0.25, 0.3) is 0 Å². The van der Waals surface area contributed by atoms with E-state index in [1.54, 1.807) is 0 Å². The first-order valence-corrected chi connectivity index (χ1v) is 8.24. The van der Waals surface area contributed by atoms with Gasteiger partial charge < -0.3 is 10.1 Å². The molecule has 0 bridgehead atoms. The van der Waals surface area contributed by atoms with Crippen molar-refractivity contribution in [1.29, 1.82) is 0 Å². The number of hydrogen-bond acceptors (Lipinski definition) is 2. The summed E-state index contributed by atoms with van der Waals surface area (Å²) in [4.78, 5) is 0. The van der Waals surface area contributed by atoms with E-state index in [2.05, 4.69) is 5.32 Å². The Labute approximate surface area is 112 Å². The monoisotopic (exact) mass is 251 g/mol. The Kier molecular flexibility index (Phi) is 4.58. The normalized spacial score (nSPS) is 35.3. The first-order chi connectivity index (χ1) is 8.93. The van der Waals surface area contributed by atoms with Crippen LogP contribution in [0.15, 0.2) is 0 Å². The molecule has 3 aliphatic rings. The van der Waals surface area contributed by atoms with Crippen LogP contribution in [0.4, 0.5) is 0 Å². The summed E-state index contributed by atoms with van der Waals surface area (Å²) in [5.41, 5.74) is 0. The van der Waals surface area contributed by atoms with E-state index in [4.69, 9.17) is 4.74 Å². The van der Waals surface area contributed by atoms with Gasteiger partial charge in [0.05, 0.1) is 0 Å². The maximum absolute atomic E-state index is 5.55. The van der Waals surface area contributed by atoms with E-state index in [0.717, 1.165) is 37.0 Å². The van der Waals surface area contributed by atoms with Gasteiger partial charge in [-0.1, -0.05) is 19.3 Å². The lowest BCUT2D eigenvalue weighted by Gasteiger charge is -2.35. The summed E-state index contributed by atoms with van der Waals surface area (Å²) in [5.74, 6) is 2.90. The van der Waals surface area contributed by atoms with Crippen molar-refractivity contribution in [1.82, 2.24) is 5.32 Å². The zero-order valence-corrected chi connectivity index (χ0v) is 11.7. The fourth-order valence-electron chi connectivity index (χ4n) is 4.04. The minimum Gasteiger partial charge on any atom is -0.381 e. The van der Waals surface area contributed by atoms with Gasteiger partial charge in [-0.3, -0.25) is 0 Å². The Morgan fingerprint density at radius 3 is 2.39 bits per heavy atom. The highest BCUT2D eigenvalue weighted by Gasteiger charge is 2.32. The Morgan fingerprint density at radius 1 is 0.833 bits per heavy atom. The average molecular weight is 251 g/mol. The van der Waals surface area contributed by atoms with Crippen LogP contribution in [0.5, 0.6) is 0 Å². The summed E-state index contributed by atoms with van der Waals surface area (Å²) in [6.07, 6.45) is 12.9.